The molecule has 0 radical (unpaired) electrons. The summed E-state index contributed by atoms with van der Waals surface area (Å²) in [5.74, 6) is 0.757. The van der Waals surface area contributed by atoms with Gasteiger partial charge in [0.1, 0.15) is 6.04 Å². The number of amides is 1. The molecule has 1 fully saturated rings. The fourth-order valence-corrected chi connectivity index (χ4v) is 3.32. The molecule has 1 aromatic carbocycles. The van der Waals surface area contributed by atoms with Gasteiger partial charge in [0, 0.05) is 19.7 Å². The van der Waals surface area contributed by atoms with Crippen LogP contribution in [0.5, 0.6) is 0 Å². The Labute approximate surface area is 133 Å². The summed E-state index contributed by atoms with van der Waals surface area (Å²) >= 11 is 0. The number of nitrogens with zero attached hydrogens (tertiary/aromatic N) is 2. The van der Waals surface area contributed by atoms with E-state index in [9.17, 15) is 4.79 Å². The molecular formula is C18H28N2O2. The van der Waals surface area contributed by atoms with E-state index >= 15 is 0 Å². The van der Waals surface area contributed by atoms with Crippen LogP contribution in [0, 0.1) is 12.8 Å². The second-order valence-corrected chi connectivity index (χ2v) is 6.50. The highest BCUT2D eigenvalue weighted by molar-refractivity contribution is 5.83. The molecule has 22 heavy (non-hydrogen) atoms. The van der Waals surface area contributed by atoms with Gasteiger partial charge >= 0.3 is 0 Å². The fraction of sp³-hybridized carbons (Fsp3) is 0.611. The molecule has 1 aliphatic heterocycles. The lowest BCUT2D eigenvalue weighted by Gasteiger charge is -2.36. The van der Waals surface area contributed by atoms with Crippen molar-refractivity contribution in [3.8, 4) is 0 Å². The standard InChI is InChI=1S/C18H28N2O2/c1-14-6-4-5-7-16(14)17(19(2)3)18(22)20-11-8-15(9-12-20)10-13-21/h4-7,15,17,21H,8-13H2,1-3H3/t17-/m1/s1. The van der Waals surface area contributed by atoms with Crippen molar-refractivity contribution in [2.45, 2.75) is 32.2 Å². The first-order chi connectivity index (χ1) is 10.5. The van der Waals surface area contributed by atoms with E-state index in [1.165, 1.54) is 0 Å². The average Bonchev–Trinajstić information content (AvgIpc) is 2.50. The lowest BCUT2D eigenvalue weighted by atomic mass is 9.92. The molecule has 1 heterocycles. The van der Waals surface area contributed by atoms with Gasteiger partial charge in [0.2, 0.25) is 5.91 Å². The first kappa shape index (κ1) is 17.0. The normalized spacial score (nSPS) is 17.8. The van der Waals surface area contributed by atoms with Gasteiger partial charge in [0.05, 0.1) is 0 Å². The molecule has 0 bridgehead atoms. The first-order valence-corrected chi connectivity index (χ1v) is 8.16. The second-order valence-electron chi connectivity index (χ2n) is 6.50. The Morgan fingerprint density at radius 1 is 1.32 bits per heavy atom. The Hall–Kier alpha value is -1.39. The molecule has 122 valence electrons. The Morgan fingerprint density at radius 2 is 1.95 bits per heavy atom. The highest BCUT2D eigenvalue weighted by atomic mass is 16.3. The molecule has 2 rings (SSSR count). The van der Waals surface area contributed by atoms with Gasteiger partial charge in [0.25, 0.3) is 0 Å². The van der Waals surface area contributed by atoms with E-state index in [0.717, 1.165) is 43.5 Å². The zero-order chi connectivity index (χ0) is 16.1. The summed E-state index contributed by atoms with van der Waals surface area (Å²) in [4.78, 5) is 17.0. The molecule has 4 nitrogen and oxygen atoms in total. The van der Waals surface area contributed by atoms with Crippen LogP contribution in [0.3, 0.4) is 0 Å². The number of aliphatic hydroxyl groups is 1. The number of carbonyl (C=O) groups excluding carboxylic acids is 1. The lowest BCUT2D eigenvalue weighted by Crippen LogP contribution is -2.44. The number of benzene rings is 1. The van der Waals surface area contributed by atoms with Gasteiger partial charge in [0.15, 0.2) is 0 Å². The molecule has 1 saturated heterocycles. The van der Waals surface area contributed by atoms with Gasteiger partial charge < -0.3 is 10.0 Å². The molecule has 1 amide bonds. The largest absolute Gasteiger partial charge is 0.396 e. The number of rotatable bonds is 5. The molecule has 0 saturated carbocycles. The van der Waals surface area contributed by atoms with Crippen LogP contribution in [0.15, 0.2) is 24.3 Å². The number of likely N-dealkylation sites (N-methyl/N-ethyl adjacent to an activating group) is 1. The van der Waals surface area contributed by atoms with Gasteiger partial charge in [-0.05, 0) is 57.3 Å². The minimum Gasteiger partial charge on any atom is -0.396 e. The van der Waals surface area contributed by atoms with E-state index in [-0.39, 0.29) is 18.6 Å². The monoisotopic (exact) mass is 304 g/mol. The molecule has 1 aromatic rings. The maximum atomic E-state index is 13.0. The summed E-state index contributed by atoms with van der Waals surface area (Å²) in [6.45, 7) is 3.92. The zero-order valence-electron chi connectivity index (χ0n) is 14.0. The van der Waals surface area contributed by atoms with E-state index in [1.807, 2.05) is 36.0 Å². The smallest absolute Gasteiger partial charge is 0.244 e. The van der Waals surface area contributed by atoms with Crippen molar-refractivity contribution < 1.29 is 9.90 Å². The van der Waals surface area contributed by atoms with E-state index in [0.29, 0.717) is 5.92 Å². The van der Waals surface area contributed by atoms with Gasteiger partial charge in [-0.15, -0.1) is 0 Å². The van der Waals surface area contributed by atoms with Crippen molar-refractivity contribution in [3.63, 3.8) is 0 Å². The van der Waals surface area contributed by atoms with Crippen LogP contribution in [0.4, 0.5) is 0 Å². The number of aryl methyl sites for hydroxylation is 1. The summed E-state index contributed by atoms with van der Waals surface area (Å²) in [7, 11) is 3.93. The SMILES string of the molecule is Cc1ccccc1[C@H](C(=O)N1CCC(CCO)CC1)N(C)C. The second kappa shape index (κ2) is 7.75. The Kier molecular flexibility index (Phi) is 5.98. The molecule has 0 aliphatic carbocycles. The third-order valence-electron chi connectivity index (χ3n) is 4.70. The number of carbonyl (C=O) groups is 1. The van der Waals surface area contributed by atoms with Crippen LogP contribution in [0.2, 0.25) is 0 Å². The topological polar surface area (TPSA) is 43.8 Å². The van der Waals surface area contributed by atoms with E-state index in [2.05, 4.69) is 19.1 Å². The summed E-state index contributed by atoms with van der Waals surface area (Å²) in [5, 5.41) is 9.05. The van der Waals surface area contributed by atoms with E-state index < -0.39 is 0 Å². The Morgan fingerprint density at radius 3 is 2.50 bits per heavy atom. The van der Waals surface area contributed by atoms with Crippen molar-refractivity contribution in [1.29, 1.82) is 0 Å². The van der Waals surface area contributed by atoms with E-state index in [4.69, 9.17) is 5.11 Å². The lowest BCUT2D eigenvalue weighted by molar-refractivity contribution is -0.137. The predicted octanol–water partition coefficient (Wildman–Crippen LogP) is 2.22. The predicted molar refractivity (Wildman–Crippen MR) is 88.6 cm³/mol. The summed E-state index contributed by atoms with van der Waals surface area (Å²) in [6.07, 6.45) is 2.86. The van der Waals surface area contributed by atoms with Gasteiger partial charge in [-0.1, -0.05) is 24.3 Å². The highest BCUT2D eigenvalue weighted by Gasteiger charge is 2.31. The Balaban J connectivity index is 2.10. The molecule has 1 N–H and O–H groups in total. The molecular weight excluding hydrogens is 276 g/mol. The summed E-state index contributed by atoms with van der Waals surface area (Å²) in [6, 6.07) is 7.91. The quantitative estimate of drug-likeness (QED) is 0.907. The molecule has 0 unspecified atom stereocenters. The summed E-state index contributed by atoms with van der Waals surface area (Å²) in [5.41, 5.74) is 2.25. The third-order valence-corrected chi connectivity index (χ3v) is 4.70. The fourth-order valence-electron chi connectivity index (χ4n) is 3.32. The molecule has 1 atom stereocenters. The summed E-state index contributed by atoms with van der Waals surface area (Å²) < 4.78 is 0. The Bertz CT molecular complexity index is 494. The third kappa shape index (κ3) is 3.87. The van der Waals surface area contributed by atoms with Gasteiger partial charge in [-0.2, -0.15) is 0 Å². The van der Waals surface area contributed by atoms with Crippen LogP contribution in [0.25, 0.3) is 0 Å². The number of piperidine rings is 1. The highest BCUT2D eigenvalue weighted by Crippen LogP contribution is 2.27. The van der Waals surface area contributed by atoms with Crippen molar-refractivity contribution >= 4 is 5.91 Å². The average molecular weight is 304 g/mol. The minimum atomic E-state index is -0.212. The number of aliphatic hydroxyl groups excluding tert-OH is 1. The van der Waals surface area contributed by atoms with Crippen molar-refractivity contribution in [3.05, 3.63) is 35.4 Å². The van der Waals surface area contributed by atoms with Crippen molar-refractivity contribution in [2.24, 2.45) is 5.92 Å². The van der Waals surface area contributed by atoms with Gasteiger partial charge in [-0.25, -0.2) is 0 Å². The number of hydrogen-bond acceptors (Lipinski definition) is 3. The van der Waals surface area contributed by atoms with Gasteiger partial charge in [-0.3, -0.25) is 9.69 Å². The van der Waals surface area contributed by atoms with E-state index in [1.54, 1.807) is 0 Å². The van der Waals surface area contributed by atoms with Crippen molar-refractivity contribution in [1.82, 2.24) is 9.80 Å². The maximum Gasteiger partial charge on any atom is 0.244 e. The zero-order valence-corrected chi connectivity index (χ0v) is 14.0. The van der Waals surface area contributed by atoms with Crippen LogP contribution < -0.4 is 0 Å². The van der Waals surface area contributed by atoms with Crippen LogP contribution in [0.1, 0.15) is 36.4 Å². The number of likely N-dealkylation sites (tertiary alicyclic amines) is 1. The van der Waals surface area contributed by atoms with Crippen LogP contribution in [-0.4, -0.2) is 54.6 Å². The molecule has 1 aliphatic rings. The van der Waals surface area contributed by atoms with Crippen LogP contribution >= 0.6 is 0 Å². The maximum absolute atomic E-state index is 13.0. The number of hydrogen-bond donors (Lipinski definition) is 1. The minimum absolute atomic E-state index is 0.196. The van der Waals surface area contributed by atoms with Crippen molar-refractivity contribution in [2.75, 3.05) is 33.8 Å². The molecule has 0 spiro atoms. The van der Waals surface area contributed by atoms with Crippen LogP contribution in [-0.2, 0) is 4.79 Å². The molecule has 0 aromatic heterocycles. The molecule has 4 heteroatoms. The first-order valence-electron chi connectivity index (χ1n) is 8.16.